The zero-order valence-electron chi connectivity index (χ0n) is 4.66. The lowest BCUT2D eigenvalue weighted by molar-refractivity contribution is 0.615. The first-order valence-electron chi connectivity index (χ1n) is 2.66. The summed E-state index contributed by atoms with van der Waals surface area (Å²) in [5.41, 5.74) is 0.838. The van der Waals surface area contributed by atoms with Gasteiger partial charge in [0.05, 0.1) is 12.5 Å². The minimum atomic E-state index is 0.838. The Morgan fingerprint density at radius 1 is 1.56 bits per heavy atom. The van der Waals surface area contributed by atoms with Crippen molar-refractivity contribution in [3.05, 3.63) is 30.8 Å². The third kappa shape index (κ3) is 0.598. The average molecular weight is 118 g/mol. The van der Waals surface area contributed by atoms with E-state index in [-0.39, 0.29) is 0 Å². The van der Waals surface area contributed by atoms with Gasteiger partial charge in [-0.05, 0) is 6.07 Å². The molecule has 0 atom stereocenters. The van der Waals surface area contributed by atoms with Crippen LogP contribution in [0.1, 0.15) is 0 Å². The summed E-state index contributed by atoms with van der Waals surface area (Å²) in [6.07, 6.45) is 6.04. The van der Waals surface area contributed by atoms with Crippen molar-refractivity contribution in [2.45, 2.75) is 0 Å². The van der Waals surface area contributed by atoms with Crippen LogP contribution in [-0.2, 0) is 0 Å². The van der Waals surface area contributed by atoms with E-state index in [0.29, 0.717) is 0 Å². The van der Waals surface area contributed by atoms with Gasteiger partial charge in [0.15, 0.2) is 0 Å². The van der Waals surface area contributed by atoms with E-state index in [1.54, 1.807) is 18.5 Å². The first-order valence-corrected chi connectivity index (χ1v) is 2.66. The minimum Gasteiger partial charge on any atom is -0.464 e. The van der Waals surface area contributed by atoms with Crippen LogP contribution >= 0.6 is 0 Å². The lowest BCUT2D eigenvalue weighted by Gasteiger charge is -1.80. The van der Waals surface area contributed by atoms with Gasteiger partial charge in [-0.25, -0.2) is 0 Å². The molecule has 2 heterocycles. The largest absolute Gasteiger partial charge is 0.464 e. The van der Waals surface area contributed by atoms with Crippen molar-refractivity contribution in [2.24, 2.45) is 0 Å². The summed E-state index contributed by atoms with van der Waals surface area (Å²) >= 11 is 0. The molecule has 0 N–H and O–H groups in total. The molecule has 0 aromatic carbocycles. The first-order chi connectivity index (χ1) is 4.47. The maximum Gasteiger partial charge on any atom is 0.137 e. The van der Waals surface area contributed by atoms with Crippen LogP contribution in [0, 0.1) is 6.20 Å². The molecule has 2 nitrogen and oxygen atoms in total. The molecule has 0 aliphatic heterocycles. The molecule has 0 fully saturated rings. The van der Waals surface area contributed by atoms with Gasteiger partial charge < -0.3 is 4.42 Å². The Morgan fingerprint density at radius 3 is 3.44 bits per heavy atom. The molecule has 2 aromatic heterocycles. The van der Waals surface area contributed by atoms with E-state index < -0.39 is 0 Å². The van der Waals surface area contributed by atoms with Crippen LogP contribution < -0.4 is 0 Å². The molecule has 0 saturated carbocycles. The van der Waals surface area contributed by atoms with Crippen molar-refractivity contribution in [3.63, 3.8) is 0 Å². The van der Waals surface area contributed by atoms with Gasteiger partial charge in [-0.2, -0.15) is 0 Å². The number of pyridine rings is 1. The van der Waals surface area contributed by atoms with Crippen molar-refractivity contribution in [1.82, 2.24) is 4.98 Å². The molecule has 0 bridgehead atoms. The molecule has 0 saturated heterocycles. The number of hydrogen-bond donors (Lipinski definition) is 0. The quantitative estimate of drug-likeness (QED) is 0.525. The Hall–Kier alpha value is -1.31. The topological polar surface area (TPSA) is 26.0 Å². The molecule has 2 heteroatoms. The number of fused-ring (bicyclic) bond motifs is 1. The lowest BCUT2D eigenvalue weighted by atomic mass is 10.3. The van der Waals surface area contributed by atoms with E-state index in [9.17, 15) is 0 Å². The summed E-state index contributed by atoms with van der Waals surface area (Å²) in [4.78, 5) is 3.80. The molecule has 2 aromatic rings. The van der Waals surface area contributed by atoms with Gasteiger partial charge in [-0.1, -0.05) is 0 Å². The summed E-state index contributed by atoms with van der Waals surface area (Å²) in [7, 11) is 0. The van der Waals surface area contributed by atoms with Crippen LogP contribution in [0.25, 0.3) is 11.0 Å². The number of furan rings is 1. The van der Waals surface area contributed by atoms with E-state index in [4.69, 9.17) is 4.42 Å². The predicted molar refractivity (Wildman–Crippen MR) is 32.8 cm³/mol. The van der Waals surface area contributed by atoms with E-state index in [0.717, 1.165) is 11.0 Å². The van der Waals surface area contributed by atoms with E-state index in [1.165, 1.54) is 0 Å². The standard InChI is InChI=1S/C7H4NO/c1-3-8-5-6-2-4-9-7(1)6/h1-2,4-5H. The fourth-order valence-electron chi connectivity index (χ4n) is 0.758. The zero-order chi connectivity index (χ0) is 6.10. The van der Waals surface area contributed by atoms with Gasteiger partial charge in [0.25, 0.3) is 0 Å². The Kier molecular flexibility index (Phi) is 0.803. The maximum absolute atomic E-state index is 5.05. The molecule has 0 aliphatic rings. The molecular formula is C7H4NO. The zero-order valence-corrected chi connectivity index (χ0v) is 4.66. The van der Waals surface area contributed by atoms with E-state index in [1.807, 2.05) is 6.07 Å². The summed E-state index contributed by atoms with van der Waals surface area (Å²) in [6.45, 7) is 0. The van der Waals surface area contributed by atoms with Gasteiger partial charge in [0.1, 0.15) is 5.58 Å². The second-order valence-electron chi connectivity index (χ2n) is 1.77. The van der Waals surface area contributed by atoms with E-state index in [2.05, 4.69) is 11.2 Å². The van der Waals surface area contributed by atoms with Crippen molar-refractivity contribution in [1.29, 1.82) is 0 Å². The van der Waals surface area contributed by atoms with E-state index >= 15 is 0 Å². The third-order valence-corrected chi connectivity index (χ3v) is 1.20. The predicted octanol–water partition coefficient (Wildman–Crippen LogP) is 1.63. The highest BCUT2D eigenvalue weighted by Gasteiger charge is 1.91. The Balaban J connectivity index is 2.95. The molecule has 9 heavy (non-hydrogen) atoms. The Bertz CT molecular complexity index is 283. The van der Waals surface area contributed by atoms with Gasteiger partial charge in [0, 0.05) is 17.6 Å². The molecular weight excluding hydrogens is 114 g/mol. The minimum absolute atomic E-state index is 0.838. The second kappa shape index (κ2) is 1.58. The number of rotatable bonds is 0. The second-order valence-corrected chi connectivity index (χ2v) is 1.77. The highest BCUT2D eigenvalue weighted by molar-refractivity contribution is 5.75. The molecule has 1 radical (unpaired) electrons. The van der Waals surface area contributed by atoms with Crippen molar-refractivity contribution in [2.75, 3.05) is 0 Å². The van der Waals surface area contributed by atoms with Gasteiger partial charge >= 0.3 is 0 Å². The van der Waals surface area contributed by atoms with Crippen molar-refractivity contribution in [3.8, 4) is 0 Å². The fraction of sp³-hybridized carbons (Fsp3) is 0. The molecule has 0 aliphatic carbocycles. The number of aromatic nitrogens is 1. The van der Waals surface area contributed by atoms with Crippen LogP contribution in [0.2, 0.25) is 0 Å². The van der Waals surface area contributed by atoms with Crippen LogP contribution in [0.3, 0.4) is 0 Å². The first kappa shape index (κ1) is 4.56. The summed E-state index contributed by atoms with van der Waals surface area (Å²) in [5.74, 6) is 0. The molecule has 0 amide bonds. The highest BCUT2D eigenvalue weighted by Crippen LogP contribution is 2.10. The summed E-state index contributed by atoms with van der Waals surface area (Å²) in [6, 6.07) is 3.59. The smallest absolute Gasteiger partial charge is 0.137 e. The third-order valence-electron chi connectivity index (χ3n) is 1.20. The molecule has 2 rings (SSSR count). The number of nitrogens with zero attached hydrogens (tertiary/aromatic N) is 1. The fourth-order valence-corrected chi connectivity index (χ4v) is 0.758. The normalized spacial score (nSPS) is 10.2. The van der Waals surface area contributed by atoms with Gasteiger partial charge in [-0.15, -0.1) is 0 Å². The van der Waals surface area contributed by atoms with Crippen LogP contribution in [0.15, 0.2) is 29.0 Å². The molecule has 43 valence electrons. The Labute approximate surface area is 52.1 Å². The monoisotopic (exact) mass is 118 g/mol. The molecule has 0 unspecified atom stereocenters. The Morgan fingerprint density at radius 2 is 2.56 bits per heavy atom. The molecule has 0 spiro atoms. The highest BCUT2D eigenvalue weighted by atomic mass is 16.3. The summed E-state index contributed by atoms with van der Waals surface area (Å²) < 4.78 is 5.05. The SMILES string of the molecule is [c]1cc2occc2cn1. The van der Waals surface area contributed by atoms with Gasteiger partial charge in [0.2, 0.25) is 0 Å². The van der Waals surface area contributed by atoms with Crippen molar-refractivity contribution < 1.29 is 4.42 Å². The summed E-state index contributed by atoms with van der Waals surface area (Å²) in [5, 5.41) is 1.02. The maximum atomic E-state index is 5.05. The average Bonchev–Trinajstić information content (AvgIpc) is 2.33. The van der Waals surface area contributed by atoms with Crippen LogP contribution in [-0.4, -0.2) is 4.98 Å². The van der Waals surface area contributed by atoms with Crippen LogP contribution in [0.4, 0.5) is 0 Å². The lowest BCUT2D eigenvalue weighted by Crippen LogP contribution is -1.66. The number of hydrogen-bond acceptors (Lipinski definition) is 2. The van der Waals surface area contributed by atoms with Crippen molar-refractivity contribution >= 4 is 11.0 Å². The van der Waals surface area contributed by atoms with Gasteiger partial charge in [-0.3, -0.25) is 4.98 Å². The van der Waals surface area contributed by atoms with Crippen LogP contribution in [0.5, 0.6) is 0 Å².